The predicted octanol–water partition coefficient (Wildman–Crippen LogP) is 3.60. The molecule has 0 unspecified atom stereocenters. The van der Waals surface area contributed by atoms with Crippen molar-refractivity contribution in [2.75, 3.05) is 10.6 Å². The molecule has 0 spiro atoms. The van der Waals surface area contributed by atoms with E-state index in [0.29, 0.717) is 11.8 Å². The van der Waals surface area contributed by atoms with Gasteiger partial charge in [-0.15, -0.1) is 0 Å². The molecule has 0 fully saturated rings. The summed E-state index contributed by atoms with van der Waals surface area (Å²) in [7, 11) is 0. The number of fused-ring (bicyclic) bond motifs is 6. The van der Waals surface area contributed by atoms with Crippen molar-refractivity contribution >= 4 is 23.3 Å². The van der Waals surface area contributed by atoms with E-state index in [0.717, 1.165) is 36.0 Å². The number of pyridine rings is 1. The van der Waals surface area contributed by atoms with Crippen LogP contribution in [0.4, 0.5) is 27.7 Å². The lowest BCUT2D eigenvalue weighted by molar-refractivity contribution is 0.619. The molecule has 3 heterocycles. The standard InChI is InChI=1S/C17H14FN5/c18-14-10-19-17-22-15-6-2-4-12(20-15)8-7-11-3-1-5-13(9-11)21-16(14)23-17/h1-6,9-10H,7-8H2,(H2,19,20,21,22,23). The van der Waals surface area contributed by atoms with Gasteiger partial charge in [-0.1, -0.05) is 18.2 Å². The topological polar surface area (TPSA) is 62.7 Å². The van der Waals surface area contributed by atoms with Crippen molar-refractivity contribution in [2.24, 2.45) is 0 Å². The van der Waals surface area contributed by atoms with Crippen LogP contribution in [0.1, 0.15) is 11.3 Å². The van der Waals surface area contributed by atoms with Gasteiger partial charge >= 0.3 is 0 Å². The lowest BCUT2D eigenvalue weighted by Gasteiger charge is -2.09. The smallest absolute Gasteiger partial charge is 0.230 e. The molecular weight excluding hydrogens is 293 g/mol. The molecule has 3 aromatic rings. The number of benzene rings is 1. The van der Waals surface area contributed by atoms with Crippen LogP contribution < -0.4 is 10.6 Å². The average molecular weight is 307 g/mol. The summed E-state index contributed by atoms with van der Waals surface area (Å²) in [6.07, 6.45) is 2.83. The number of aromatic nitrogens is 3. The Hall–Kier alpha value is -3.02. The third-order valence-electron chi connectivity index (χ3n) is 3.65. The quantitative estimate of drug-likeness (QED) is 0.664. The minimum absolute atomic E-state index is 0.134. The molecule has 0 radical (unpaired) electrons. The predicted molar refractivity (Wildman–Crippen MR) is 86.6 cm³/mol. The summed E-state index contributed by atoms with van der Waals surface area (Å²) in [5.41, 5.74) is 2.93. The molecule has 2 N–H and O–H groups in total. The maximum Gasteiger partial charge on any atom is 0.230 e. The first kappa shape index (κ1) is 13.6. The van der Waals surface area contributed by atoms with Crippen LogP contribution in [0.3, 0.4) is 0 Å². The molecule has 4 rings (SSSR count). The van der Waals surface area contributed by atoms with Gasteiger partial charge in [-0.25, -0.2) is 14.4 Å². The molecule has 0 aliphatic carbocycles. The van der Waals surface area contributed by atoms with Gasteiger partial charge in [0.05, 0.1) is 6.20 Å². The Kier molecular flexibility index (Phi) is 3.34. The highest BCUT2D eigenvalue weighted by Gasteiger charge is 2.10. The number of hydrogen-bond acceptors (Lipinski definition) is 5. The van der Waals surface area contributed by atoms with Crippen LogP contribution in [0.15, 0.2) is 48.7 Å². The zero-order valence-corrected chi connectivity index (χ0v) is 12.3. The van der Waals surface area contributed by atoms with Crippen LogP contribution in [0.25, 0.3) is 0 Å². The van der Waals surface area contributed by atoms with E-state index in [1.807, 2.05) is 36.4 Å². The number of nitrogens with zero attached hydrogens (tertiary/aromatic N) is 3. The fourth-order valence-electron chi connectivity index (χ4n) is 2.53. The van der Waals surface area contributed by atoms with Gasteiger partial charge < -0.3 is 10.6 Å². The summed E-state index contributed by atoms with van der Waals surface area (Å²) in [6, 6.07) is 13.6. The normalized spacial score (nSPS) is 12.9. The van der Waals surface area contributed by atoms with Crippen molar-refractivity contribution in [1.82, 2.24) is 15.0 Å². The number of hydrogen-bond donors (Lipinski definition) is 2. The van der Waals surface area contributed by atoms with E-state index < -0.39 is 5.82 Å². The fourth-order valence-corrected chi connectivity index (χ4v) is 2.53. The second-order valence-corrected chi connectivity index (χ2v) is 5.35. The van der Waals surface area contributed by atoms with Gasteiger partial charge in [0.15, 0.2) is 11.6 Å². The van der Waals surface area contributed by atoms with Gasteiger partial charge in [-0.05, 0) is 42.7 Å². The van der Waals surface area contributed by atoms with E-state index in [9.17, 15) is 4.39 Å². The van der Waals surface area contributed by atoms with Gasteiger partial charge in [0.2, 0.25) is 5.95 Å². The van der Waals surface area contributed by atoms with E-state index in [-0.39, 0.29) is 5.82 Å². The molecule has 0 amide bonds. The van der Waals surface area contributed by atoms with Crippen molar-refractivity contribution in [3.05, 3.63) is 65.7 Å². The number of halogens is 1. The molecule has 23 heavy (non-hydrogen) atoms. The van der Waals surface area contributed by atoms with Gasteiger partial charge in [-0.2, -0.15) is 4.98 Å². The highest BCUT2D eigenvalue weighted by atomic mass is 19.1. The van der Waals surface area contributed by atoms with Crippen LogP contribution in [-0.4, -0.2) is 15.0 Å². The summed E-state index contributed by atoms with van der Waals surface area (Å²) < 4.78 is 14.0. The first-order valence-electron chi connectivity index (χ1n) is 7.38. The molecule has 1 aromatic carbocycles. The van der Waals surface area contributed by atoms with Gasteiger partial charge in [0.25, 0.3) is 0 Å². The number of rotatable bonds is 0. The molecule has 5 nitrogen and oxygen atoms in total. The minimum atomic E-state index is -0.502. The highest BCUT2D eigenvalue weighted by molar-refractivity contribution is 5.59. The molecule has 114 valence electrons. The molecule has 2 aromatic heterocycles. The maximum atomic E-state index is 14.0. The maximum absolute atomic E-state index is 14.0. The molecule has 0 saturated heterocycles. The largest absolute Gasteiger partial charge is 0.338 e. The molecule has 6 bridgehead atoms. The van der Waals surface area contributed by atoms with E-state index >= 15 is 0 Å². The Balaban J connectivity index is 1.83. The lowest BCUT2D eigenvalue weighted by Crippen LogP contribution is -2.04. The van der Waals surface area contributed by atoms with Crippen molar-refractivity contribution < 1.29 is 4.39 Å². The molecule has 0 atom stereocenters. The summed E-state index contributed by atoms with van der Waals surface area (Å²) >= 11 is 0. The third-order valence-corrected chi connectivity index (χ3v) is 3.65. The Labute approximate surface area is 132 Å². The molecule has 0 saturated carbocycles. The Morgan fingerprint density at radius 3 is 2.83 bits per heavy atom. The van der Waals surface area contributed by atoms with Crippen molar-refractivity contribution in [3.63, 3.8) is 0 Å². The van der Waals surface area contributed by atoms with Gasteiger partial charge in [0.1, 0.15) is 5.82 Å². The summed E-state index contributed by atoms with van der Waals surface area (Å²) in [6.45, 7) is 0. The van der Waals surface area contributed by atoms with Gasteiger partial charge in [-0.3, -0.25) is 0 Å². The highest BCUT2D eigenvalue weighted by Crippen LogP contribution is 2.22. The average Bonchev–Trinajstić information content (AvgIpc) is 2.57. The first-order valence-corrected chi connectivity index (χ1v) is 7.38. The Morgan fingerprint density at radius 2 is 1.87 bits per heavy atom. The molecular formula is C17H14FN5. The number of anilines is 4. The third kappa shape index (κ3) is 2.96. The Morgan fingerprint density at radius 1 is 0.957 bits per heavy atom. The van der Waals surface area contributed by atoms with Crippen LogP contribution in [0.2, 0.25) is 0 Å². The van der Waals surface area contributed by atoms with Crippen molar-refractivity contribution in [3.8, 4) is 0 Å². The summed E-state index contributed by atoms with van der Waals surface area (Å²) in [5.74, 6) is 0.576. The molecule has 6 heteroatoms. The fraction of sp³-hybridized carbons (Fsp3) is 0.118. The van der Waals surface area contributed by atoms with E-state index in [2.05, 4.69) is 31.7 Å². The zero-order chi connectivity index (χ0) is 15.6. The molecule has 1 aliphatic heterocycles. The molecule has 1 aliphatic rings. The van der Waals surface area contributed by atoms with Gasteiger partial charge in [0, 0.05) is 11.4 Å². The van der Waals surface area contributed by atoms with Crippen molar-refractivity contribution in [1.29, 1.82) is 0 Å². The van der Waals surface area contributed by atoms with Crippen molar-refractivity contribution in [2.45, 2.75) is 12.8 Å². The lowest BCUT2D eigenvalue weighted by atomic mass is 10.1. The first-order chi connectivity index (χ1) is 11.3. The Bertz CT molecular complexity index is 865. The number of nitrogens with one attached hydrogen (secondary N) is 2. The monoisotopic (exact) mass is 307 g/mol. The van der Waals surface area contributed by atoms with E-state index in [1.165, 1.54) is 0 Å². The second-order valence-electron chi connectivity index (χ2n) is 5.35. The van der Waals surface area contributed by atoms with Crippen LogP contribution in [-0.2, 0) is 12.8 Å². The SMILES string of the molecule is Fc1cnc2nc1Nc1cccc(c1)CCc1cccc(n1)N2. The van der Waals surface area contributed by atoms with E-state index in [1.54, 1.807) is 0 Å². The zero-order valence-electron chi connectivity index (χ0n) is 12.3. The van der Waals surface area contributed by atoms with E-state index in [4.69, 9.17) is 0 Å². The van der Waals surface area contributed by atoms with Crippen LogP contribution in [0.5, 0.6) is 0 Å². The summed E-state index contributed by atoms with van der Waals surface area (Å²) in [5, 5.41) is 6.03. The summed E-state index contributed by atoms with van der Waals surface area (Å²) in [4.78, 5) is 12.7. The minimum Gasteiger partial charge on any atom is -0.338 e. The van der Waals surface area contributed by atoms with Crippen LogP contribution in [0, 0.1) is 5.82 Å². The number of aryl methyl sites for hydroxylation is 2. The second kappa shape index (κ2) is 5.64. The van der Waals surface area contributed by atoms with Crippen LogP contribution >= 0.6 is 0 Å².